The van der Waals surface area contributed by atoms with Crippen molar-refractivity contribution in [3.05, 3.63) is 59.9 Å². The summed E-state index contributed by atoms with van der Waals surface area (Å²) in [5.41, 5.74) is 6.86. The van der Waals surface area contributed by atoms with Crippen LogP contribution in [0.2, 0.25) is 0 Å². The highest BCUT2D eigenvalue weighted by Crippen LogP contribution is 2.24. The number of aromatic nitrogens is 1. The van der Waals surface area contributed by atoms with Gasteiger partial charge in [0.15, 0.2) is 0 Å². The minimum absolute atomic E-state index is 0.00706. The average molecular weight is 323 g/mol. The second kappa shape index (κ2) is 6.62. The molecule has 1 unspecified atom stereocenters. The van der Waals surface area contributed by atoms with Crippen molar-refractivity contribution in [2.24, 2.45) is 0 Å². The third-order valence-corrected chi connectivity index (χ3v) is 3.89. The Kier molecular flexibility index (Phi) is 4.37. The Morgan fingerprint density at radius 1 is 1.21 bits per heavy atom. The van der Waals surface area contributed by atoms with Crippen LogP contribution in [0.4, 0.5) is 5.69 Å². The maximum atomic E-state index is 12.0. The van der Waals surface area contributed by atoms with E-state index in [-0.39, 0.29) is 17.9 Å². The van der Waals surface area contributed by atoms with Crippen LogP contribution < -0.4 is 10.7 Å². The van der Waals surface area contributed by atoms with Gasteiger partial charge in [-0.25, -0.2) is 4.79 Å². The molecule has 0 saturated heterocycles. The van der Waals surface area contributed by atoms with Crippen LogP contribution in [0.5, 0.6) is 0 Å². The van der Waals surface area contributed by atoms with Gasteiger partial charge < -0.3 is 5.32 Å². The minimum atomic E-state index is -0.111. The largest absolute Gasteiger partial charge is 0.411 e. The lowest BCUT2D eigenvalue weighted by Gasteiger charge is -2.06. The molecule has 0 fully saturated rings. The maximum Gasteiger partial charge on any atom is 0.411 e. The van der Waals surface area contributed by atoms with Gasteiger partial charge in [-0.3, -0.25) is 9.78 Å². The molecule has 24 heavy (non-hydrogen) atoms. The fourth-order valence-corrected chi connectivity index (χ4v) is 2.82. The predicted octanol–water partition coefficient (Wildman–Crippen LogP) is 2.04. The second-order valence-corrected chi connectivity index (χ2v) is 5.73. The number of hydrogen-bond acceptors (Lipinski definition) is 4. The third-order valence-electron chi connectivity index (χ3n) is 3.89. The average Bonchev–Trinajstić information content (AvgIpc) is 3.01. The van der Waals surface area contributed by atoms with Crippen molar-refractivity contribution in [3.63, 3.8) is 0 Å². The fraction of sp³-hybridized carbons (Fsp3) is 0.222. The summed E-state index contributed by atoms with van der Waals surface area (Å²) in [5.74, 6) is -0.178. The van der Waals surface area contributed by atoms with E-state index in [0.29, 0.717) is 6.42 Å². The monoisotopic (exact) mass is 323 g/mol. The summed E-state index contributed by atoms with van der Waals surface area (Å²) in [6, 6.07) is 11.4. The van der Waals surface area contributed by atoms with Crippen molar-refractivity contribution in [2.45, 2.75) is 26.3 Å². The Balaban J connectivity index is 1.88. The van der Waals surface area contributed by atoms with Gasteiger partial charge in [0, 0.05) is 30.6 Å². The van der Waals surface area contributed by atoms with E-state index in [1.54, 1.807) is 17.1 Å². The molecule has 0 aliphatic carbocycles. The quantitative estimate of drug-likeness (QED) is 0.848. The van der Waals surface area contributed by atoms with Gasteiger partial charge in [0.1, 0.15) is 6.04 Å². The normalized spacial score (nSPS) is 16.7. The van der Waals surface area contributed by atoms with Gasteiger partial charge in [-0.15, -0.1) is 0 Å². The van der Waals surface area contributed by atoms with E-state index in [1.807, 2.05) is 36.4 Å². The lowest BCUT2D eigenvalue weighted by Crippen LogP contribution is -2.32. The molecule has 1 aromatic heterocycles. The lowest BCUT2D eigenvalue weighted by molar-refractivity contribution is -0.504. The van der Waals surface area contributed by atoms with E-state index >= 15 is 0 Å². The van der Waals surface area contributed by atoms with Gasteiger partial charge in [-0.2, -0.15) is 5.43 Å². The van der Waals surface area contributed by atoms with Crippen LogP contribution in [0.25, 0.3) is 0 Å². The number of carbonyl (C=O) groups is 2. The lowest BCUT2D eigenvalue weighted by atomic mass is 10.00. The van der Waals surface area contributed by atoms with E-state index < -0.39 is 0 Å². The van der Waals surface area contributed by atoms with Gasteiger partial charge in [0.2, 0.25) is 11.6 Å². The number of anilines is 1. The Bertz CT molecular complexity index is 798. The summed E-state index contributed by atoms with van der Waals surface area (Å²) in [7, 11) is 0. The molecule has 2 aromatic rings. The number of hydrazine groups is 1. The molecule has 6 nitrogen and oxygen atoms in total. The Hall–Kier alpha value is -3.02. The number of carbonyl (C=O) groups excluding carboxylic acids is 2. The predicted molar refractivity (Wildman–Crippen MR) is 90.5 cm³/mol. The zero-order valence-electron chi connectivity index (χ0n) is 13.6. The molecule has 6 heteroatoms. The van der Waals surface area contributed by atoms with Crippen molar-refractivity contribution in [1.82, 2.24) is 10.4 Å². The standard InChI is InChI=1S/C18H18N4O2/c1-12(23)20-16-7-5-14(6-8-16)18-10-17(21-22(18)13(2)24)15-4-3-9-19-11-15/h3-9,11,17,21H,10H2,1-2H3/p+1. The molecule has 0 saturated carbocycles. The smallest absolute Gasteiger partial charge is 0.326 e. The number of amides is 2. The molecule has 1 aromatic carbocycles. The molecular weight excluding hydrogens is 304 g/mol. The zero-order valence-corrected chi connectivity index (χ0v) is 13.6. The number of hydrogen-bond donors (Lipinski definition) is 2. The molecule has 1 aliphatic heterocycles. The molecule has 0 bridgehead atoms. The number of nitrogens with one attached hydrogen (secondary N) is 2. The van der Waals surface area contributed by atoms with Gasteiger partial charge in [0.25, 0.3) is 0 Å². The molecule has 0 spiro atoms. The van der Waals surface area contributed by atoms with E-state index in [1.165, 1.54) is 13.8 Å². The summed E-state index contributed by atoms with van der Waals surface area (Å²) in [4.78, 5) is 27.2. The van der Waals surface area contributed by atoms with Crippen molar-refractivity contribution < 1.29 is 14.3 Å². The number of nitrogens with zero attached hydrogens (tertiary/aromatic N) is 2. The van der Waals surface area contributed by atoms with E-state index in [2.05, 4.69) is 15.7 Å². The summed E-state index contributed by atoms with van der Waals surface area (Å²) >= 11 is 0. The van der Waals surface area contributed by atoms with Crippen LogP contribution in [0.1, 0.15) is 37.4 Å². The van der Waals surface area contributed by atoms with Crippen LogP contribution >= 0.6 is 0 Å². The van der Waals surface area contributed by atoms with Crippen LogP contribution in [0.15, 0.2) is 48.8 Å². The summed E-state index contributed by atoms with van der Waals surface area (Å²) < 4.78 is 1.59. The minimum Gasteiger partial charge on any atom is -0.326 e. The number of rotatable bonds is 3. The van der Waals surface area contributed by atoms with E-state index in [9.17, 15) is 9.59 Å². The van der Waals surface area contributed by atoms with Gasteiger partial charge >= 0.3 is 5.91 Å². The van der Waals surface area contributed by atoms with Crippen LogP contribution in [0.3, 0.4) is 0 Å². The highest BCUT2D eigenvalue weighted by atomic mass is 16.2. The maximum absolute atomic E-state index is 12.0. The second-order valence-electron chi connectivity index (χ2n) is 5.73. The van der Waals surface area contributed by atoms with Crippen LogP contribution in [0, 0.1) is 0 Å². The van der Waals surface area contributed by atoms with Crippen molar-refractivity contribution in [2.75, 3.05) is 5.32 Å². The van der Waals surface area contributed by atoms with E-state index in [4.69, 9.17) is 0 Å². The van der Waals surface area contributed by atoms with Crippen LogP contribution in [-0.4, -0.2) is 27.2 Å². The van der Waals surface area contributed by atoms with Crippen molar-refractivity contribution in [3.8, 4) is 0 Å². The first-order chi connectivity index (χ1) is 11.5. The number of hydrazone groups is 1. The van der Waals surface area contributed by atoms with E-state index in [0.717, 1.165) is 22.5 Å². The fourth-order valence-electron chi connectivity index (χ4n) is 2.82. The molecule has 0 radical (unpaired) electrons. The number of benzene rings is 1. The Labute approximate surface area is 140 Å². The van der Waals surface area contributed by atoms with Crippen molar-refractivity contribution in [1.29, 1.82) is 0 Å². The summed E-state index contributed by atoms with van der Waals surface area (Å²) in [6.45, 7) is 3.00. The first-order valence-corrected chi connectivity index (χ1v) is 7.75. The van der Waals surface area contributed by atoms with Crippen molar-refractivity contribution >= 4 is 23.2 Å². The molecule has 122 valence electrons. The summed E-state index contributed by atoms with van der Waals surface area (Å²) in [6.07, 6.45) is 4.22. The number of pyridine rings is 1. The molecule has 2 amide bonds. The Morgan fingerprint density at radius 3 is 2.54 bits per heavy atom. The molecule has 1 atom stereocenters. The molecule has 3 rings (SSSR count). The highest BCUT2D eigenvalue weighted by Gasteiger charge is 2.36. The Morgan fingerprint density at radius 2 is 1.96 bits per heavy atom. The SMILES string of the molecule is CC(=O)Nc1ccc(C2=[N+](C(C)=O)NC(c3cccnc3)C2)cc1. The molecule has 1 aliphatic rings. The topological polar surface area (TPSA) is 74.1 Å². The highest BCUT2D eigenvalue weighted by molar-refractivity contribution is 6.01. The summed E-state index contributed by atoms with van der Waals surface area (Å²) in [5, 5.41) is 2.74. The third kappa shape index (κ3) is 3.32. The van der Waals surface area contributed by atoms with Gasteiger partial charge in [-0.05, 0) is 40.6 Å². The van der Waals surface area contributed by atoms with Crippen LogP contribution in [-0.2, 0) is 9.59 Å². The molecule has 2 heterocycles. The molecule has 2 N–H and O–H groups in total. The first-order valence-electron chi connectivity index (χ1n) is 7.75. The molecular formula is C18H19N4O2+. The van der Waals surface area contributed by atoms with Gasteiger partial charge in [0.05, 0.1) is 13.3 Å². The zero-order chi connectivity index (χ0) is 17.1. The first kappa shape index (κ1) is 15.9. The van der Waals surface area contributed by atoms with Gasteiger partial charge in [-0.1, -0.05) is 6.07 Å².